The minimum Gasteiger partial charge on any atom is -0.513 e. The predicted molar refractivity (Wildman–Crippen MR) is 45.2 cm³/mol. The zero-order valence-electron chi connectivity index (χ0n) is 6.40. The summed E-state index contributed by atoms with van der Waals surface area (Å²) in [6, 6.07) is 0. The molecule has 0 aromatic carbocycles. The number of allylic oxidation sites excluding steroid dienone is 6. The Bertz CT molecular complexity index is 235. The number of rotatable bonds is 0. The van der Waals surface area contributed by atoms with Gasteiger partial charge in [-0.1, -0.05) is 24.3 Å². The number of hydrogen-bond donors (Lipinski definition) is 1. The van der Waals surface area contributed by atoms with Crippen LogP contribution in [0.4, 0.5) is 0 Å². The van der Waals surface area contributed by atoms with E-state index in [4.69, 9.17) is 0 Å². The Morgan fingerprint density at radius 1 is 1.18 bits per heavy atom. The fraction of sp³-hybridized carbons (Fsp3) is 0.400. The molecule has 0 bridgehead atoms. The lowest BCUT2D eigenvalue weighted by Gasteiger charge is -2.26. The van der Waals surface area contributed by atoms with Crippen molar-refractivity contribution in [2.75, 3.05) is 0 Å². The summed E-state index contributed by atoms with van der Waals surface area (Å²) in [6.45, 7) is 0. The topological polar surface area (TPSA) is 20.2 Å². The highest BCUT2D eigenvalue weighted by Gasteiger charge is 2.22. The van der Waals surface area contributed by atoms with Crippen LogP contribution in [0.5, 0.6) is 0 Å². The second-order valence-corrected chi connectivity index (χ2v) is 3.23. The van der Waals surface area contributed by atoms with Crippen LogP contribution >= 0.6 is 0 Å². The van der Waals surface area contributed by atoms with Crippen molar-refractivity contribution in [2.24, 2.45) is 11.8 Å². The average Bonchev–Trinajstić information content (AvgIpc) is 2.04. The first-order valence-electron chi connectivity index (χ1n) is 4.09. The standard InChI is InChI=1S/C10H12O/c11-10-6-5-8-3-1-2-4-9(8)7-10/h1-4,6,8-9,11H,5,7H2. The number of aliphatic hydroxyl groups excluding tert-OH is 1. The maximum atomic E-state index is 9.25. The molecule has 2 aliphatic rings. The van der Waals surface area contributed by atoms with Gasteiger partial charge in [-0.05, 0) is 24.3 Å². The summed E-state index contributed by atoms with van der Waals surface area (Å²) < 4.78 is 0. The Kier molecular flexibility index (Phi) is 1.57. The fourth-order valence-corrected chi connectivity index (χ4v) is 1.77. The SMILES string of the molecule is OC1=CCC2C=CC=CC2C1. The number of hydrogen-bond acceptors (Lipinski definition) is 1. The van der Waals surface area contributed by atoms with Gasteiger partial charge in [0.15, 0.2) is 0 Å². The van der Waals surface area contributed by atoms with Crippen LogP contribution in [0, 0.1) is 11.8 Å². The quantitative estimate of drug-likeness (QED) is 0.559. The summed E-state index contributed by atoms with van der Waals surface area (Å²) in [5.74, 6) is 1.74. The van der Waals surface area contributed by atoms with Crippen LogP contribution in [0.25, 0.3) is 0 Å². The van der Waals surface area contributed by atoms with Gasteiger partial charge in [0.05, 0.1) is 5.76 Å². The van der Waals surface area contributed by atoms with Crippen LogP contribution in [-0.4, -0.2) is 5.11 Å². The third-order valence-corrected chi connectivity index (χ3v) is 2.45. The molecular weight excluding hydrogens is 136 g/mol. The van der Waals surface area contributed by atoms with E-state index in [1.54, 1.807) is 0 Å². The Labute approximate surface area is 66.7 Å². The molecule has 2 atom stereocenters. The molecule has 0 saturated carbocycles. The summed E-state index contributed by atoms with van der Waals surface area (Å²) in [5, 5.41) is 9.25. The van der Waals surface area contributed by atoms with Crippen molar-refractivity contribution in [3.63, 3.8) is 0 Å². The Balaban J connectivity index is 2.18. The van der Waals surface area contributed by atoms with E-state index in [-0.39, 0.29) is 0 Å². The van der Waals surface area contributed by atoms with Crippen molar-refractivity contribution in [3.05, 3.63) is 36.1 Å². The van der Waals surface area contributed by atoms with Gasteiger partial charge >= 0.3 is 0 Å². The summed E-state index contributed by atoms with van der Waals surface area (Å²) >= 11 is 0. The van der Waals surface area contributed by atoms with Crippen molar-refractivity contribution >= 4 is 0 Å². The van der Waals surface area contributed by atoms with Gasteiger partial charge in [-0.15, -0.1) is 0 Å². The second kappa shape index (κ2) is 2.57. The van der Waals surface area contributed by atoms with Gasteiger partial charge in [0.1, 0.15) is 0 Å². The first-order valence-corrected chi connectivity index (χ1v) is 4.09. The van der Waals surface area contributed by atoms with E-state index in [9.17, 15) is 5.11 Å². The lowest BCUT2D eigenvalue weighted by molar-refractivity contribution is 0.316. The maximum absolute atomic E-state index is 9.25. The van der Waals surface area contributed by atoms with Crippen molar-refractivity contribution in [2.45, 2.75) is 12.8 Å². The first kappa shape index (κ1) is 6.71. The van der Waals surface area contributed by atoms with Crippen LogP contribution in [0.15, 0.2) is 36.1 Å². The molecule has 0 heterocycles. The van der Waals surface area contributed by atoms with Crippen LogP contribution in [0.3, 0.4) is 0 Å². The van der Waals surface area contributed by atoms with Gasteiger partial charge < -0.3 is 5.11 Å². The second-order valence-electron chi connectivity index (χ2n) is 3.23. The molecule has 1 heteroatoms. The lowest BCUT2D eigenvalue weighted by atomic mass is 9.80. The number of aliphatic hydroxyl groups is 1. The monoisotopic (exact) mass is 148 g/mol. The van der Waals surface area contributed by atoms with E-state index in [1.807, 2.05) is 6.08 Å². The van der Waals surface area contributed by atoms with E-state index in [0.717, 1.165) is 12.8 Å². The van der Waals surface area contributed by atoms with E-state index in [1.165, 1.54) is 0 Å². The molecular formula is C10H12O. The molecule has 0 aromatic rings. The van der Waals surface area contributed by atoms with Crippen molar-refractivity contribution in [1.82, 2.24) is 0 Å². The van der Waals surface area contributed by atoms with Gasteiger partial charge in [-0.3, -0.25) is 0 Å². The van der Waals surface area contributed by atoms with Crippen molar-refractivity contribution in [3.8, 4) is 0 Å². The molecule has 0 spiro atoms. The molecule has 0 amide bonds. The predicted octanol–water partition coefficient (Wildman–Crippen LogP) is 2.58. The molecule has 1 N–H and O–H groups in total. The van der Waals surface area contributed by atoms with Gasteiger partial charge in [-0.2, -0.15) is 0 Å². The summed E-state index contributed by atoms with van der Waals surface area (Å²) in [6.07, 6.45) is 12.3. The van der Waals surface area contributed by atoms with E-state index >= 15 is 0 Å². The highest BCUT2D eigenvalue weighted by molar-refractivity contribution is 5.19. The molecule has 0 saturated heterocycles. The highest BCUT2D eigenvalue weighted by atomic mass is 16.3. The Morgan fingerprint density at radius 2 is 1.91 bits per heavy atom. The van der Waals surface area contributed by atoms with Crippen molar-refractivity contribution in [1.29, 1.82) is 0 Å². The molecule has 0 aliphatic heterocycles. The van der Waals surface area contributed by atoms with Crippen LogP contribution in [0.1, 0.15) is 12.8 Å². The zero-order chi connectivity index (χ0) is 7.68. The zero-order valence-corrected chi connectivity index (χ0v) is 6.40. The van der Waals surface area contributed by atoms with E-state index in [0.29, 0.717) is 17.6 Å². The highest BCUT2D eigenvalue weighted by Crippen LogP contribution is 2.32. The molecule has 11 heavy (non-hydrogen) atoms. The third-order valence-electron chi connectivity index (χ3n) is 2.45. The molecule has 2 aliphatic carbocycles. The van der Waals surface area contributed by atoms with E-state index < -0.39 is 0 Å². The lowest BCUT2D eigenvalue weighted by Crippen LogP contribution is -2.16. The minimum atomic E-state index is 0.546. The van der Waals surface area contributed by atoms with Crippen molar-refractivity contribution < 1.29 is 5.11 Å². The van der Waals surface area contributed by atoms with Gasteiger partial charge in [0, 0.05) is 6.42 Å². The maximum Gasteiger partial charge on any atom is 0.0889 e. The molecule has 0 fully saturated rings. The minimum absolute atomic E-state index is 0.546. The summed E-state index contributed by atoms with van der Waals surface area (Å²) in [4.78, 5) is 0. The smallest absolute Gasteiger partial charge is 0.0889 e. The average molecular weight is 148 g/mol. The van der Waals surface area contributed by atoms with E-state index in [2.05, 4.69) is 24.3 Å². The third kappa shape index (κ3) is 1.23. The number of fused-ring (bicyclic) bond motifs is 1. The van der Waals surface area contributed by atoms with Crippen LogP contribution < -0.4 is 0 Å². The first-order chi connectivity index (χ1) is 5.36. The van der Waals surface area contributed by atoms with Gasteiger partial charge in [0.25, 0.3) is 0 Å². The molecule has 58 valence electrons. The molecule has 2 unspecified atom stereocenters. The largest absolute Gasteiger partial charge is 0.513 e. The molecule has 0 aromatic heterocycles. The summed E-state index contributed by atoms with van der Waals surface area (Å²) in [7, 11) is 0. The molecule has 1 nitrogen and oxygen atoms in total. The Morgan fingerprint density at radius 3 is 2.73 bits per heavy atom. The Hall–Kier alpha value is -0.980. The van der Waals surface area contributed by atoms with Gasteiger partial charge in [0.2, 0.25) is 0 Å². The normalized spacial score (nSPS) is 34.7. The molecule has 0 radical (unpaired) electrons. The fourth-order valence-electron chi connectivity index (χ4n) is 1.77. The van der Waals surface area contributed by atoms with Gasteiger partial charge in [-0.25, -0.2) is 0 Å². The molecule has 2 rings (SSSR count). The summed E-state index contributed by atoms with van der Waals surface area (Å²) in [5.41, 5.74) is 0. The van der Waals surface area contributed by atoms with Crippen LogP contribution in [-0.2, 0) is 0 Å². The van der Waals surface area contributed by atoms with Crippen LogP contribution in [0.2, 0.25) is 0 Å².